The van der Waals surface area contributed by atoms with E-state index < -0.39 is 28.5 Å². The summed E-state index contributed by atoms with van der Waals surface area (Å²) >= 11 is 12.5. The van der Waals surface area contributed by atoms with Gasteiger partial charge in [-0.05, 0) is 80.3 Å². The number of benzene rings is 3. The largest absolute Gasteiger partial charge is 0.355 e. The fourth-order valence-electron chi connectivity index (χ4n) is 4.17. The number of carbonyl (C=O) groups excluding carboxylic acids is 2. The molecule has 3 aromatic carbocycles. The number of hydrogen-bond donors (Lipinski definition) is 1. The van der Waals surface area contributed by atoms with Crippen LogP contribution in [0.2, 0.25) is 10.0 Å². The van der Waals surface area contributed by atoms with Gasteiger partial charge < -0.3 is 10.2 Å². The number of anilines is 1. The lowest BCUT2D eigenvalue weighted by atomic mass is 10.1. The van der Waals surface area contributed by atoms with E-state index in [1.165, 1.54) is 17.0 Å². The van der Waals surface area contributed by atoms with Crippen molar-refractivity contribution in [3.05, 3.63) is 93.5 Å². The summed E-state index contributed by atoms with van der Waals surface area (Å²) in [7, 11) is -4.12. The molecule has 3 aromatic rings. The number of hydrogen-bond acceptors (Lipinski definition) is 4. The second kappa shape index (κ2) is 13.3. The summed E-state index contributed by atoms with van der Waals surface area (Å²) < 4.78 is 28.8. The van der Waals surface area contributed by atoms with Gasteiger partial charge >= 0.3 is 0 Å². The summed E-state index contributed by atoms with van der Waals surface area (Å²) in [6, 6.07) is 17.3. The first kappa shape index (κ1) is 30.5. The van der Waals surface area contributed by atoms with Gasteiger partial charge in [-0.3, -0.25) is 13.9 Å². The standard InChI is InChI=1S/C29H33Cl2N3O4S/c1-5-27(29(36)32-6-2)33(18-22-13-14-23(30)17-26(22)31)28(35)19-34(24-15-12-20(3)21(4)16-24)39(37,38)25-10-8-7-9-11-25/h7-17,27H,5-6,18-19H2,1-4H3,(H,32,36)/t27-/m0/s1. The number of rotatable bonds is 11. The molecule has 3 rings (SSSR count). The Morgan fingerprint density at radius 2 is 1.62 bits per heavy atom. The number of aryl methyl sites for hydroxylation is 2. The summed E-state index contributed by atoms with van der Waals surface area (Å²) in [4.78, 5) is 28.5. The van der Waals surface area contributed by atoms with Gasteiger partial charge in [0.05, 0.1) is 10.6 Å². The first-order valence-electron chi connectivity index (χ1n) is 12.7. The van der Waals surface area contributed by atoms with Gasteiger partial charge in [-0.1, -0.05) is 60.5 Å². The highest BCUT2D eigenvalue weighted by Crippen LogP contribution is 2.28. The molecule has 1 N–H and O–H groups in total. The molecule has 1 atom stereocenters. The Morgan fingerprint density at radius 1 is 0.923 bits per heavy atom. The number of halogens is 2. The van der Waals surface area contributed by atoms with Gasteiger partial charge in [0.15, 0.2) is 0 Å². The van der Waals surface area contributed by atoms with Crippen molar-refractivity contribution in [3.8, 4) is 0 Å². The molecule has 0 spiro atoms. The SMILES string of the molecule is CCNC(=O)[C@H](CC)N(Cc1ccc(Cl)cc1Cl)C(=O)CN(c1ccc(C)c(C)c1)S(=O)(=O)c1ccccc1. The minimum Gasteiger partial charge on any atom is -0.355 e. The Balaban J connectivity index is 2.09. The van der Waals surface area contributed by atoms with E-state index in [9.17, 15) is 18.0 Å². The van der Waals surface area contributed by atoms with Gasteiger partial charge in [-0.15, -0.1) is 0 Å². The Hall–Kier alpha value is -3.07. The van der Waals surface area contributed by atoms with Crippen molar-refractivity contribution in [2.24, 2.45) is 0 Å². The summed E-state index contributed by atoms with van der Waals surface area (Å²) in [5, 5.41) is 3.56. The zero-order valence-corrected chi connectivity index (χ0v) is 24.8. The van der Waals surface area contributed by atoms with Crippen LogP contribution in [0.4, 0.5) is 5.69 Å². The van der Waals surface area contributed by atoms with E-state index in [1.807, 2.05) is 19.9 Å². The molecule has 0 heterocycles. The minimum absolute atomic E-state index is 0.00335. The van der Waals surface area contributed by atoms with E-state index >= 15 is 0 Å². The smallest absolute Gasteiger partial charge is 0.264 e. The number of carbonyl (C=O) groups is 2. The van der Waals surface area contributed by atoms with Crippen LogP contribution >= 0.6 is 23.2 Å². The van der Waals surface area contributed by atoms with Crippen LogP contribution in [-0.4, -0.2) is 44.3 Å². The van der Waals surface area contributed by atoms with Gasteiger partial charge in [0, 0.05) is 23.1 Å². The summed E-state index contributed by atoms with van der Waals surface area (Å²) in [5.74, 6) is -0.876. The molecule has 0 saturated heterocycles. The summed E-state index contributed by atoms with van der Waals surface area (Å²) in [6.07, 6.45) is 0.317. The highest BCUT2D eigenvalue weighted by atomic mass is 35.5. The first-order valence-corrected chi connectivity index (χ1v) is 14.8. The molecule has 39 heavy (non-hydrogen) atoms. The van der Waals surface area contributed by atoms with Crippen molar-refractivity contribution in [2.45, 2.75) is 51.6 Å². The van der Waals surface area contributed by atoms with E-state index in [-0.39, 0.29) is 17.3 Å². The molecule has 0 aromatic heterocycles. The predicted octanol–water partition coefficient (Wildman–Crippen LogP) is 5.75. The number of likely N-dealkylation sites (N-methyl/N-ethyl adjacent to an activating group) is 1. The van der Waals surface area contributed by atoms with E-state index in [4.69, 9.17) is 23.2 Å². The molecular weight excluding hydrogens is 557 g/mol. The third kappa shape index (κ3) is 7.32. The van der Waals surface area contributed by atoms with Crippen LogP contribution in [0.5, 0.6) is 0 Å². The summed E-state index contributed by atoms with van der Waals surface area (Å²) in [5.41, 5.74) is 2.81. The van der Waals surface area contributed by atoms with Crippen molar-refractivity contribution < 1.29 is 18.0 Å². The molecule has 0 aliphatic heterocycles. The van der Waals surface area contributed by atoms with E-state index in [0.717, 1.165) is 15.4 Å². The van der Waals surface area contributed by atoms with Gasteiger partial charge in [0.1, 0.15) is 12.6 Å². The Bertz CT molecular complexity index is 1430. The monoisotopic (exact) mass is 589 g/mol. The maximum absolute atomic E-state index is 14.0. The quantitative estimate of drug-likeness (QED) is 0.308. The molecule has 2 amide bonds. The predicted molar refractivity (Wildman–Crippen MR) is 157 cm³/mol. The third-order valence-electron chi connectivity index (χ3n) is 6.48. The lowest BCUT2D eigenvalue weighted by molar-refractivity contribution is -0.140. The molecule has 0 unspecified atom stereocenters. The zero-order chi connectivity index (χ0) is 28.7. The lowest BCUT2D eigenvalue weighted by Crippen LogP contribution is -2.52. The topological polar surface area (TPSA) is 86.8 Å². The van der Waals surface area contributed by atoms with Crippen LogP contribution in [0.3, 0.4) is 0 Å². The second-order valence-corrected chi connectivity index (χ2v) is 11.9. The van der Waals surface area contributed by atoms with Crippen LogP contribution in [0, 0.1) is 13.8 Å². The molecule has 7 nitrogen and oxygen atoms in total. The molecular formula is C29H33Cl2N3O4S. The molecule has 10 heteroatoms. The van der Waals surface area contributed by atoms with Crippen molar-refractivity contribution in [3.63, 3.8) is 0 Å². The summed E-state index contributed by atoms with van der Waals surface area (Å²) in [6.45, 7) is 7.26. The van der Waals surface area contributed by atoms with Gasteiger partial charge in [0.2, 0.25) is 11.8 Å². The fourth-order valence-corrected chi connectivity index (χ4v) is 6.07. The number of nitrogens with one attached hydrogen (secondary N) is 1. The molecule has 0 radical (unpaired) electrons. The van der Waals surface area contributed by atoms with Gasteiger partial charge in [-0.25, -0.2) is 8.42 Å². The molecule has 0 fully saturated rings. The molecule has 0 bridgehead atoms. The highest BCUT2D eigenvalue weighted by Gasteiger charge is 2.33. The highest BCUT2D eigenvalue weighted by molar-refractivity contribution is 7.92. The number of nitrogens with zero attached hydrogens (tertiary/aromatic N) is 2. The maximum atomic E-state index is 14.0. The molecule has 0 aliphatic rings. The normalized spacial score (nSPS) is 12.1. The van der Waals surface area contributed by atoms with Crippen LogP contribution < -0.4 is 9.62 Å². The molecule has 0 saturated carbocycles. The van der Waals surface area contributed by atoms with Crippen molar-refractivity contribution in [1.82, 2.24) is 10.2 Å². The number of sulfonamides is 1. The average molecular weight is 591 g/mol. The molecule has 208 valence electrons. The van der Waals surface area contributed by atoms with Crippen molar-refractivity contribution in [2.75, 3.05) is 17.4 Å². The van der Waals surface area contributed by atoms with E-state index in [0.29, 0.717) is 34.3 Å². The van der Waals surface area contributed by atoms with Gasteiger partial charge in [0.25, 0.3) is 10.0 Å². The average Bonchev–Trinajstić information content (AvgIpc) is 2.90. The van der Waals surface area contributed by atoms with Crippen molar-refractivity contribution >= 4 is 50.7 Å². The van der Waals surface area contributed by atoms with Gasteiger partial charge in [-0.2, -0.15) is 0 Å². The first-order chi connectivity index (χ1) is 18.5. The fraction of sp³-hybridized carbons (Fsp3) is 0.310. The Kier molecular flexibility index (Phi) is 10.4. The minimum atomic E-state index is -4.12. The zero-order valence-electron chi connectivity index (χ0n) is 22.4. The number of amides is 2. The van der Waals surface area contributed by atoms with Crippen LogP contribution in [-0.2, 0) is 26.2 Å². The Labute approximate surface area is 240 Å². The van der Waals surface area contributed by atoms with E-state index in [2.05, 4.69) is 5.32 Å². The van der Waals surface area contributed by atoms with Crippen LogP contribution in [0.15, 0.2) is 71.6 Å². The van der Waals surface area contributed by atoms with E-state index in [1.54, 1.807) is 62.4 Å². The lowest BCUT2D eigenvalue weighted by Gasteiger charge is -2.33. The third-order valence-corrected chi connectivity index (χ3v) is 8.86. The van der Waals surface area contributed by atoms with Crippen molar-refractivity contribution in [1.29, 1.82) is 0 Å². The molecule has 0 aliphatic carbocycles. The van der Waals surface area contributed by atoms with Crippen LogP contribution in [0.25, 0.3) is 0 Å². The second-order valence-electron chi connectivity index (χ2n) is 9.17. The van der Waals surface area contributed by atoms with Crippen LogP contribution in [0.1, 0.15) is 37.0 Å². The Morgan fingerprint density at radius 3 is 2.21 bits per heavy atom. The maximum Gasteiger partial charge on any atom is 0.264 e.